The lowest BCUT2D eigenvalue weighted by Gasteiger charge is -2.68. The minimum Gasteiger partial charge on any atom is -0.396 e. The van der Waals surface area contributed by atoms with E-state index in [4.69, 9.17) is 14.2 Å². The summed E-state index contributed by atoms with van der Waals surface area (Å²) in [7, 11) is 1.38. The van der Waals surface area contributed by atoms with Crippen LogP contribution in [0.3, 0.4) is 0 Å². The number of aliphatic hydroxyl groups excluding tert-OH is 6. The zero-order valence-corrected chi connectivity index (χ0v) is 27.1. The highest BCUT2D eigenvalue weighted by Crippen LogP contribution is 2.70. The van der Waals surface area contributed by atoms with E-state index in [0.717, 1.165) is 19.3 Å². The van der Waals surface area contributed by atoms with Gasteiger partial charge in [0.2, 0.25) is 0 Å². The molecule has 0 amide bonds. The average Bonchev–Trinajstić information content (AvgIpc) is 3.19. The molecular weight excluding hydrogens is 572 g/mol. The van der Waals surface area contributed by atoms with Gasteiger partial charge in [-0.15, -0.1) is 0 Å². The number of rotatable bonds is 9. The van der Waals surface area contributed by atoms with Crippen molar-refractivity contribution in [2.45, 2.75) is 146 Å². The third-order valence-corrected chi connectivity index (χ3v) is 13.4. The predicted molar refractivity (Wildman–Crippen MR) is 159 cm³/mol. The standard InChI is InChI=1S/C33H58O11/c1-17(15-34)7-6-8-18(2)22-24(37)25(38)27-30(22,3)11-10-21-31(4)12-9-20(28(39)33(31,41)14-13-32(21,27)40)44-29-26(42-5)23(36)19(35)16-43-29/h17-29,34-41H,6-16H2,1-5H3/t17-,18+,19+,20-,21+,22-,23?,24+,25-,26-,27+,28-,29-,30+,31+,32-,33+/m0/s1. The van der Waals surface area contributed by atoms with Crippen molar-refractivity contribution in [1.29, 1.82) is 0 Å². The van der Waals surface area contributed by atoms with Gasteiger partial charge in [-0.25, -0.2) is 0 Å². The van der Waals surface area contributed by atoms with E-state index in [0.29, 0.717) is 25.7 Å². The molecule has 1 aliphatic heterocycles. The highest BCUT2D eigenvalue weighted by Gasteiger charge is 2.75. The summed E-state index contributed by atoms with van der Waals surface area (Å²) in [6.45, 7) is 8.17. The molecule has 44 heavy (non-hydrogen) atoms. The van der Waals surface area contributed by atoms with E-state index in [-0.39, 0.29) is 43.8 Å². The Balaban J connectivity index is 1.35. The summed E-state index contributed by atoms with van der Waals surface area (Å²) in [6.07, 6.45) is -3.57. The van der Waals surface area contributed by atoms with Gasteiger partial charge in [-0.1, -0.05) is 40.5 Å². The number of fused-ring (bicyclic) bond motifs is 5. The van der Waals surface area contributed by atoms with Crippen LogP contribution >= 0.6 is 0 Å². The van der Waals surface area contributed by atoms with E-state index in [1.165, 1.54) is 7.11 Å². The Morgan fingerprint density at radius 1 is 0.886 bits per heavy atom. The molecule has 0 radical (unpaired) electrons. The molecule has 1 unspecified atom stereocenters. The Morgan fingerprint density at radius 3 is 2.25 bits per heavy atom. The lowest BCUT2D eigenvalue weighted by molar-refractivity contribution is -0.340. The summed E-state index contributed by atoms with van der Waals surface area (Å²) in [5.74, 6) is -0.860. The largest absolute Gasteiger partial charge is 0.396 e. The average molecular weight is 631 g/mol. The lowest BCUT2D eigenvalue weighted by Crippen LogP contribution is -2.75. The smallest absolute Gasteiger partial charge is 0.186 e. The molecule has 1 saturated heterocycles. The number of methoxy groups -OCH3 is 1. The van der Waals surface area contributed by atoms with Crippen molar-refractivity contribution >= 4 is 0 Å². The van der Waals surface area contributed by atoms with E-state index < -0.39 is 82.9 Å². The van der Waals surface area contributed by atoms with Crippen molar-refractivity contribution in [2.24, 2.45) is 40.4 Å². The van der Waals surface area contributed by atoms with E-state index in [9.17, 15) is 40.9 Å². The molecular formula is C33H58O11. The van der Waals surface area contributed by atoms with Gasteiger partial charge in [0.05, 0.1) is 36.1 Å². The van der Waals surface area contributed by atoms with Gasteiger partial charge in [-0.2, -0.15) is 0 Å². The van der Waals surface area contributed by atoms with Crippen LogP contribution in [0.15, 0.2) is 0 Å². The van der Waals surface area contributed by atoms with Crippen LogP contribution in [0.4, 0.5) is 0 Å². The van der Waals surface area contributed by atoms with Crippen molar-refractivity contribution in [3.05, 3.63) is 0 Å². The Labute approximate surface area is 261 Å². The Kier molecular flexibility index (Phi) is 9.94. The molecule has 0 spiro atoms. The summed E-state index contributed by atoms with van der Waals surface area (Å²) < 4.78 is 17.1. The number of aliphatic hydroxyl groups is 8. The first-order valence-corrected chi connectivity index (χ1v) is 16.9. The van der Waals surface area contributed by atoms with Crippen molar-refractivity contribution in [3.63, 3.8) is 0 Å². The van der Waals surface area contributed by atoms with Crippen LogP contribution in [0, 0.1) is 40.4 Å². The van der Waals surface area contributed by atoms with Crippen LogP contribution in [-0.2, 0) is 14.2 Å². The second kappa shape index (κ2) is 12.5. The van der Waals surface area contributed by atoms with Crippen molar-refractivity contribution in [3.8, 4) is 0 Å². The Hall–Kier alpha value is -0.440. The summed E-state index contributed by atoms with van der Waals surface area (Å²) in [5, 5.41) is 89.5. The Morgan fingerprint density at radius 2 is 1.59 bits per heavy atom. The minimum absolute atomic E-state index is 0.0900. The topological polar surface area (TPSA) is 190 Å². The molecule has 4 saturated carbocycles. The van der Waals surface area contributed by atoms with Crippen LogP contribution in [0.1, 0.15) is 85.5 Å². The number of ether oxygens (including phenoxy) is 3. The van der Waals surface area contributed by atoms with Gasteiger partial charge in [0.25, 0.3) is 0 Å². The summed E-state index contributed by atoms with van der Waals surface area (Å²) >= 11 is 0. The fourth-order valence-electron chi connectivity index (χ4n) is 11.0. The zero-order chi connectivity index (χ0) is 32.4. The van der Waals surface area contributed by atoms with E-state index in [1.807, 2.05) is 13.8 Å². The quantitative estimate of drug-likeness (QED) is 0.168. The van der Waals surface area contributed by atoms with Crippen LogP contribution in [0.2, 0.25) is 0 Å². The summed E-state index contributed by atoms with van der Waals surface area (Å²) in [5.41, 5.74) is -4.32. The van der Waals surface area contributed by atoms with Crippen LogP contribution < -0.4 is 0 Å². The maximum atomic E-state index is 12.6. The van der Waals surface area contributed by atoms with E-state index >= 15 is 0 Å². The van der Waals surface area contributed by atoms with E-state index in [2.05, 4.69) is 13.8 Å². The molecule has 5 fully saturated rings. The van der Waals surface area contributed by atoms with Gasteiger partial charge in [-0.3, -0.25) is 0 Å². The van der Waals surface area contributed by atoms with Crippen LogP contribution in [-0.4, -0.2) is 121 Å². The molecule has 1 heterocycles. The van der Waals surface area contributed by atoms with Crippen molar-refractivity contribution < 1.29 is 55.1 Å². The third-order valence-electron chi connectivity index (χ3n) is 13.4. The van der Waals surface area contributed by atoms with E-state index in [1.54, 1.807) is 0 Å². The molecule has 0 bridgehead atoms. The van der Waals surface area contributed by atoms with Gasteiger partial charge in [0, 0.05) is 25.0 Å². The normalized spacial score (nSPS) is 53.8. The zero-order valence-electron chi connectivity index (χ0n) is 27.1. The molecule has 256 valence electrons. The van der Waals surface area contributed by atoms with Gasteiger partial charge in [-0.05, 0) is 74.0 Å². The lowest BCUT2D eigenvalue weighted by atomic mass is 9.40. The maximum Gasteiger partial charge on any atom is 0.186 e. The monoisotopic (exact) mass is 630 g/mol. The first-order valence-electron chi connectivity index (χ1n) is 16.9. The molecule has 5 rings (SSSR count). The molecule has 0 aromatic rings. The molecule has 11 nitrogen and oxygen atoms in total. The first kappa shape index (κ1) is 34.9. The molecule has 4 aliphatic carbocycles. The van der Waals surface area contributed by atoms with Crippen molar-refractivity contribution in [2.75, 3.05) is 20.3 Å². The fraction of sp³-hybridized carbons (Fsp3) is 1.00. The number of hydrogen-bond donors (Lipinski definition) is 8. The molecule has 11 heteroatoms. The minimum atomic E-state index is -1.59. The molecule has 5 aliphatic rings. The van der Waals surface area contributed by atoms with Crippen LogP contribution in [0.5, 0.6) is 0 Å². The third kappa shape index (κ3) is 5.21. The second-order valence-corrected chi connectivity index (χ2v) is 15.7. The first-order chi connectivity index (χ1) is 20.6. The predicted octanol–water partition coefficient (Wildman–Crippen LogP) is 0.701. The van der Waals surface area contributed by atoms with Gasteiger partial charge >= 0.3 is 0 Å². The van der Waals surface area contributed by atoms with Gasteiger partial charge < -0.3 is 55.1 Å². The maximum absolute atomic E-state index is 12.6. The second-order valence-electron chi connectivity index (χ2n) is 15.7. The van der Waals surface area contributed by atoms with Crippen molar-refractivity contribution in [1.82, 2.24) is 0 Å². The summed E-state index contributed by atoms with van der Waals surface area (Å²) in [6, 6.07) is 0. The van der Waals surface area contributed by atoms with Gasteiger partial charge in [0.1, 0.15) is 24.4 Å². The summed E-state index contributed by atoms with van der Waals surface area (Å²) in [4.78, 5) is 0. The number of hydrogen-bond acceptors (Lipinski definition) is 11. The SMILES string of the molecule is CO[C@H]1C(O)[C@H](O)CO[C@H]1O[C@H]1CC[C@]2(C)[C@H]3CC[C@]4(C)[C@@H]([C@H](C)CCC[C@H](C)CO)[C@@H](O)[C@H](O)[C@H]4[C@]3(O)CC[C@@]2(O)[C@H]1O. The molecule has 0 aromatic carbocycles. The Bertz CT molecular complexity index is 1000. The van der Waals surface area contributed by atoms with Gasteiger partial charge in [0.15, 0.2) is 6.29 Å². The fourth-order valence-corrected chi connectivity index (χ4v) is 11.0. The molecule has 17 atom stereocenters. The molecule has 0 aromatic heterocycles. The highest BCUT2D eigenvalue weighted by atomic mass is 16.7. The van der Waals surface area contributed by atoms with Crippen LogP contribution in [0.25, 0.3) is 0 Å². The molecule has 8 N–H and O–H groups in total. The highest BCUT2D eigenvalue weighted by molar-refractivity contribution is 5.24.